The highest BCUT2D eigenvalue weighted by Gasteiger charge is 1.93. The maximum absolute atomic E-state index is 12.5. The number of hydrogen-bond acceptors (Lipinski definition) is 2. The van der Waals surface area contributed by atoms with Crippen molar-refractivity contribution in [3.05, 3.63) is 35.7 Å². The van der Waals surface area contributed by atoms with Gasteiger partial charge in [0.2, 0.25) is 0 Å². The summed E-state index contributed by atoms with van der Waals surface area (Å²) in [5.74, 6) is -0.0890. The van der Waals surface area contributed by atoms with Crippen LogP contribution in [0.1, 0.15) is 5.56 Å². The molecule has 0 heterocycles. The number of carbonyl (C=O) groups is 1. The lowest BCUT2D eigenvalue weighted by Gasteiger charge is -1.98. The van der Waals surface area contributed by atoms with Crippen molar-refractivity contribution in [2.45, 2.75) is 0 Å². The number of hydrogen-bond donors (Lipinski definition) is 0. The van der Waals surface area contributed by atoms with Gasteiger partial charge in [-0.1, -0.05) is 12.1 Å². The topological polar surface area (TPSA) is 26.3 Å². The van der Waals surface area contributed by atoms with E-state index in [1.165, 1.54) is 0 Å². The maximum atomic E-state index is 12.5. The molecule has 3 heteroatoms. The minimum absolute atomic E-state index is 0.171. The number of ether oxygens (including phenoxy) is 1. The molecule has 13 heavy (non-hydrogen) atoms. The van der Waals surface area contributed by atoms with Crippen molar-refractivity contribution < 1.29 is 13.9 Å². The molecular weight excluding hydrogens is 171 g/mol. The summed E-state index contributed by atoms with van der Waals surface area (Å²) in [4.78, 5) is 9.96. The van der Waals surface area contributed by atoms with Gasteiger partial charge < -0.3 is 4.74 Å². The molecule has 0 saturated carbocycles. The molecule has 0 saturated heterocycles. The van der Waals surface area contributed by atoms with Crippen LogP contribution in [0.25, 0.3) is 6.08 Å². The van der Waals surface area contributed by atoms with Gasteiger partial charge in [0, 0.05) is 0 Å². The third kappa shape index (κ3) is 2.71. The number of methoxy groups -OCH3 is 1. The van der Waals surface area contributed by atoms with Gasteiger partial charge in [-0.2, -0.15) is 0 Å². The van der Waals surface area contributed by atoms with E-state index in [9.17, 15) is 9.18 Å². The van der Waals surface area contributed by atoms with Crippen LogP contribution >= 0.6 is 0 Å². The van der Waals surface area contributed by atoms with Crippen molar-refractivity contribution in [3.63, 3.8) is 0 Å². The number of carbonyl (C=O) groups excluding carboxylic acids is 1. The molecule has 0 aliphatic rings. The number of halogens is 1. The first kappa shape index (κ1) is 9.45. The normalized spacial score (nSPS) is 11.1. The van der Waals surface area contributed by atoms with Gasteiger partial charge in [0.25, 0.3) is 0 Å². The lowest BCUT2D eigenvalue weighted by molar-refractivity contribution is -0.106. The van der Waals surface area contributed by atoms with Crippen LogP contribution in [0.3, 0.4) is 0 Å². The molecule has 2 nitrogen and oxygen atoms in total. The molecule has 0 aliphatic carbocycles. The molecule has 0 fully saturated rings. The van der Waals surface area contributed by atoms with Crippen LogP contribution in [-0.4, -0.2) is 13.4 Å². The fourth-order valence-corrected chi connectivity index (χ4v) is 0.893. The van der Waals surface area contributed by atoms with Crippen LogP contribution in [0, 0.1) is 0 Å². The lowest BCUT2D eigenvalue weighted by Crippen LogP contribution is -1.82. The van der Waals surface area contributed by atoms with E-state index >= 15 is 0 Å². The molecule has 0 N–H and O–H groups in total. The Hall–Kier alpha value is -1.64. The van der Waals surface area contributed by atoms with Crippen LogP contribution < -0.4 is 4.74 Å². The summed E-state index contributed by atoms with van der Waals surface area (Å²) in [6, 6.07) is 6.73. The van der Waals surface area contributed by atoms with Crippen LogP contribution in [0.2, 0.25) is 0 Å². The van der Waals surface area contributed by atoms with Gasteiger partial charge >= 0.3 is 0 Å². The lowest BCUT2D eigenvalue weighted by atomic mass is 10.2. The molecule has 0 unspecified atom stereocenters. The second-order valence-electron chi connectivity index (χ2n) is 2.42. The minimum atomic E-state index is -0.787. The van der Waals surface area contributed by atoms with Crippen molar-refractivity contribution in [2.24, 2.45) is 0 Å². The van der Waals surface area contributed by atoms with Crippen molar-refractivity contribution in [1.29, 1.82) is 0 Å². The zero-order valence-corrected chi connectivity index (χ0v) is 7.16. The third-order valence-electron chi connectivity index (χ3n) is 1.53. The van der Waals surface area contributed by atoms with Crippen LogP contribution in [0.4, 0.5) is 4.39 Å². The van der Waals surface area contributed by atoms with E-state index in [0.29, 0.717) is 11.3 Å². The molecule has 0 amide bonds. The molecule has 0 bridgehead atoms. The summed E-state index contributed by atoms with van der Waals surface area (Å²) >= 11 is 0. The van der Waals surface area contributed by atoms with Gasteiger partial charge in [-0.25, -0.2) is 4.39 Å². The van der Waals surface area contributed by atoms with Crippen molar-refractivity contribution in [1.82, 2.24) is 0 Å². The Morgan fingerprint density at radius 3 is 2.46 bits per heavy atom. The number of aldehydes is 1. The fourth-order valence-electron chi connectivity index (χ4n) is 0.893. The Morgan fingerprint density at radius 2 is 2.00 bits per heavy atom. The zero-order valence-electron chi connectivity index (χ0n) is 7.16. The van der Waals surface area contributed by atoms with E-state index in [4.69, 9.17) is 4.74 Å². The monoisotopic (exact) mass is 180 g/mol. The van der Waals surface area contributed by atoms with Crippen LogP contribution in [0.5, 0.6) is 5.75 Å². The molecule has 1 aromatic rings. The number of rotatable bonds is 3. The summed E-state index contributed by atoms with van der Waals surface area (Å²) in [6.07, 6.45) is 1.33. The smallest absolute Gasteiger partial charge is 0.178 e. The van der Waals surface area contributed by atoms with Gasteiger partial charge in [0.1, 0.15) is 5.75 Å². The van der Waals surface area contributed by atoms with Gasteiger partial charge in [0.05, 0.1) is 7.11 Å². The molecule has 0 aliphatic heterocycles. The maximum Gasteiger partial charge on any atom is 0.178 e. The zero-order chi connectivity index (χ0) is 9.68. The first-order chi connectivity index (χ1) is 6.26. The van der Waals surface area contributed by atoms with Gasteiger partial charge in [-0.05, 0) is 23.8 Å². The average molecular weight is 180 g/mol. The summed E-state index contributed by atoms with van der Waals surface area (Å²) < 4.78 is 17.4. The second kappa shape index (κ2) is 4.40. The first-order valence-electron chi connectivity index (χ1n) is 3.72. The van der Waals surface area contributed by atoms with E-state index in [1.54, 1.807) is 31.4 Å². The van der Waals surface area contributed by atoms with E-state index in [2.05, 4.69) is 0 Å². The molecule has 1 aromatic carbocycles. The van der Waals surface area contributed by atoms with E-state index in [1.807, 2.05) is 0 Å². The molecule has 68 valence electrons. The molecule has 1 rings (SSSR count). The van der Waals surface area contributed by atoms with E-state index in [0.717, 1.165) is 6.08 Å². The first-order valence-corrected chi connectivity index (χ1v) is 3.72. The Balaban J connectivity index is 2.86. The van der Waals surface area contributed by atoms with Gasteiger partial charge in [-0.15, -0.1) is 0 Å². The Kier molecular flexibility index (Phi) is 3.20. The predicted molar refractivity (Wildman–Crippen MR) is 48.1 cm³/mol. The number of benzene rings is 1. The third-order valence-corrected chi connectivity index (χ3v) is 1.53. The number of allylic oxidation sites excluding steroid dienone is 1. The van der Waals surface area contributed by atoms with E-state index in [-0.39, 0.29) is 6.29 Å². The van der Waals surface area contributed by atoms with Gasteiger partial charge in [0.15, 0.2) is 12.1 Å². The SMILES string of the molecule is COc1ccc(/C=C(\F)C=O)cc1. The molecule has 0 radical (unpaired) electrons. The average Bonchev–Trinajstić information content (AvgIpc) is 2.19. The van der Waals surface area contributed by atoms with Crippen LogP contribution in [-0.2, 0) is 4.79 Å². The highest BCUT2D eigenvalue weighted by molar-refractivity contribution is 5.78. The fraction of sp³-hybridized carbons (Fsp3) is 0.100. The molecular formula is C10H9FO2. The summed E-state index contributed by atoms with van der Waals surface area (Å²) in [5, 5.41) is 0. The van der Waals surface area contributed by atoms with Crippen molar-refractivity contribution in [2.75, 3.05) is 7.11 Å². The Labute approximate surface area is 75.6 Å². The summed E-state index contributed by atoms with van der Waals surface area (Å²) in [6.45, 7) is 0. The van der Waals surface area contributed by atoms with Crippen molar-refractivity contribution >= 4 is 12.4 Å². The Bertz CT molecular complexity index is 314. The summed E-state index contributed by atoms with van der Waals surface area (Å²) in [7, 11) is 1.55. The predicted octanol–water partition coefficient (Wildman–Crippen LogP) is 2.20. The standard InChI is InChI=1S/C10H9FO2/c1-13-10-4-2-8(3-5-10)6-9(11)7-12/h2-7H,1H3/b9-6-. The highest BCUT2D eigenvalue weighted by Crippen LogP contribution is 2.13. The van der Waals surface area contributed by atoms with Crippen molar-refractivity contribution in [3.8, 4) is 5.75 Å². The Morgan fingerprint density at radius 1 is 1.38 bits per heavy atom. The van der Waals surface area contributed by atoms with Crippen LogP contribution in [0.15, 0.2) is 30.1 Å². The van der Waals surface area contributed by atoms with Gasteiger partial charge in [-0.3, -0.25) is 4.79 Å². The largest absolute Gasteiger partial charge is 0.497 e. The molecule has 0 aromatic heterocycles. The molecule has 0 spiro atoms. The molecule has 0 atom stereocenters. The summed E-state index contributed by atoms with van der Waals surface area (Å²) in [5.41, 5.74) is 0.630. The highest BCUT2D eigenvalue weighted by atomic mass is 19.1. The minimum Gasteiger partial charge on any atom is -0.497 e. The van der Waals surface area contributed by atoms with E-state index < -0.39 is 5.83 Å². The quantitative estimate of drug-likeness (QED) is 0.526. The second-order valence-corrected chi connectivity index (χ2v) is 2.42.